The van der Waals surface area contributed by atoms with Crippen LogP contribution in [0.2, 0.25) is 0 Å². The number of carbonyl (C=O) groups excluding carboxylic acids is 2. The third-order valence-corrected chi connectivity index (χ3v) is 3.47. The SMILES string of the molecule is C/C=C/CC(NC(=O)CN1Cc2ccccc2C1=O)C(=O)O. The summed E-state index contributed by atoms with van der Waals surface area (Å²) in [6.07, 6.45) is 3.62. The van der Waals surface area contributed by atoms with E-state index in [1.54, 1.807) is 31.2 Å². The van der Waals surface area contributed by atoms with Crippen LogP contribution in [0, 0.1) is 0 Å². The summed E-state index contributed by atoms with van der Waals surface area (Å²) < 4.78 is 0. The quantitative estimate of drug-likeness (QED) is 0.773. The number of carbonyl (C=O) groups is 3. The molecular formula is C16H18N2O4. The topological polar surface area (TPSA) is 86.7 Å². The molecule has 0 aliphatic carbocycles. The second kappa shape index (κ2) is 6.89. The van der Waals surface area contributed by atoms with Gasteiger partial charge in [0.15, 0.2) is 0 Å². The van der Waals surface area contributed by atoms with Crippen molar-refractivity contribution in [3.05, 3.63) is 47.5 Å². The first-order chi connectivity index (χ1) is 10.5. The largest absolute Gasteiger partial charge is 0.480 e. The van der Waals surface area contributed by atoms with Crippen LogP contribution in [0.1, 0.15) is 29.3 Å². The van der Waals surface area contributed by atoms with Crippen LogP contribution in [0.5, 0.6) is 0 Å². The van der Waals surface area contributed by atoms with Gasteiger partial charge in [0, 0.05) is 12.1 Å². The maximum Gasteiger partial charge on any atom is 0.326 e. The van der Waals surface area contributed by atoms with Crippen molar-refractivity contribution in [2.24, 2.45) is 0 Å². The van der Waals surface area contributed by atoms with Gasteiger partial charge in [-0.15, -0.1) is 0 Å². The Morgan fingerprint density at radius 1 is 1.41 bits per heavy atom. The van der Waals surface area contributed by atoms with Crippen LogP contribution in [-0.2, 0) is 16.1 Å². The maximum atomic E-state index is 12.1. The smallest absolute Gasteiger partial charge is 0.326 e. The standard InChI is InChI=1S/C16H18N2O4/c1-2-3-8-13(16(21)22)17-14(19)10-18-9-11-6-4-5-7-12(11)15(18)20/h2-7,13H,8-10H2,1H3,(H,17,19)(H,21,22)/b3-2+. The summed E-state index contributed by atoms with van der Waals surface area (Å²) in [5, 5.41) is 11.5. The molecule has 1 aromatic carbocycles. The average Bonchev–Trinajstić information content (AvgIpc) is 2.80. The first kappa shape index (κ1) is 15.8. The second-order valence-corrected chi connectivity index (χ2v) is 5.08. The molecule has 1 aliphatic heterocycles. The molecule has 6 nitrogen and oxygen atoms in total. The highest BCUT2D eigenvalue weighted by Crippen LogP contribution is 2.21. The summed E-state index contributed by atoms with van der Waals surface area (Å²) in [7, 11) is 0. The number of benzene rings is 1. The van der Waals surface area contributed by atoms with Crippen LogP contribution in [-0.4, -0.2) is 40.4 Å². The van der Waals surface area contributed by atoms with E-state index >= 15 is 0 Å². The van der Waals surface area contributed by atoms with Crippen LogP contribution in [0.25, 0.3) is 0 Å². The van der Waals surface area contributed by atoms with Gasteiger partial charge in [0.25, 0.3) is 5.91 Å². The Kier molecular flexibility index (Phi) is 4.93. The lowest BCUT2D eigenvalue weighted by Crippen LogP contribution is -2.45. The molecule has 0 spiro atoms. The number of carboxylic acid groups (broad SMARTS) is 1. The number of fused-ring (bicyclic) bond motifs is 1. The van der Waals surface area contributed by atoms with E-state index in [4.69, 9.17) is 5.11 Å². The predicted molar refractivity (Wildman–Crippen MR) is 80.2 cm³/mol. The van der Waals surface area contributed by atoms with E-state index in [9.17, 15) is 14.4 Å². The minimum Gasteiger partial charge on any atom is -0.480 e. The van der Waals surface area contributed by atoms with Crippen LogP contribution in [0.4, 0.5) is 0 Å². The van der Waals surface area contributed by atoms with Gasteiger partial charge in [0.1, 0.15) is 12.6 Å². The van der Waals surface area contributed by atoms with E-state index in [0.29, 0.717) is 12.1 Å². The lowest BCUT2D eigenvalue weighted by atomic mass is 10.1. The monoisotopic (exact) mass is 302 g/mol. The van der Waals surface area contributed by atoms with E-state index in [0.717, 1.165) is 5.56 Å². The molecule has 0 aromatic heterocycles. The van der Waals surface area contributed by atoms with E-state index in [2.05, 4.69) is 5.32 Å². The Bertz CT molecular complexity index is 624. The Hall–Kier alpha value is -2.63. The summed E-state index contributed by atoms with van der Waals surface area (Å²) in [5.74, 6) is -1.77. The Labute approximate surface area is 128 Å². The molecule has 1 atom stereocenters. The van der Waals surface area contributed by atoms with Crippen LogP contribution in [0.3, 0.4) is 0 Å². The maximum absolute atomic E-state index is 12.1. The number of nitrogens with one attached hydrogen (secondary N) is 1. The molecule has 1 heterocycles. The lowest BCUT2D eigenvalue weighted by Gasteiger charge is -2.18. The molecule has 0 radical (unpaired) electrons. The van der Waals surface area contributed by atoms with Crippen LogP contribution >= 0.6 is 0 Å². The van der Waals surface area contributed by atoms with Gasteiger partial charge >= 0.3 is 5.97 Å². The van der Waals surface area contributed by atoms with Crippen molar-refractivity contribution in [3.63, 3.8) is 0 Å². The summed E-state index contributed by atoms with van der Waals surface area (Å²) in [6, 6.07) is 6.20. The van der Waals surface area contributed by atoms with Crippen molar-refractivity contribution in [1.29, 1.82) is 0 Å². The fourth-order valence-corrected chi connectivity index (χ4v) is 2.35. The molecule has 0 bridgehead atoms. The third-order valence-electron chi connectivity index (χ3n) is 3.47. The van der Waals surface area contributed by atoms with Gasteiger partial charge < -0.3 is 15.3 Å². The Balaban J connectivity index is 1.96. The molecule has 2 rings (SSSR count). The normalized spacial score (nSPS) is 15.0. The van der Waals surface area contributed by atoms with Gasteiger partial charge in [0.2, 0.25) is 5.91 Å². The van der Waals surface area contributed by atoms with Crippen LogP contribution < -0.4 is 5.32 Å². The predicted octanol–water partition coefficient (Wildman–Crippen LogP) is 1.18. The van der Waals surface area contributed by atoms with E-state index < -0.39 is 17.9 Å². The molecule has 22 heavy (non-hydrogen) atoms. The van der Waals surface area contributed by atoms with Crippen molar-refractivity contribution in [3.8, 4) is 0 Å². The molecule has 0 saturated carbocycles. The van der Waals surface area contributed by atoms with E-state index in [1.165, 1.54) is 4.90 Å². The highest BCUT2D eigenvalue weighted by molar-refractivity contribution is 6.00. The molecule has 2 N–H and O–H groups in total. The van der Waals surface area contributed by atoms with Gasteiger partial charge in [-0.2, -0.15) is 0 Å². The third kappa shape index (κ3) is 3.52. The molecule has 0 saturated heterocycles. The first-order valence-electron chi connectivity index (χ1n) is 7.03. The summed E-state index contributed by atoms with van der Waals surface area (Å²) in [4.78, 5) is 36.6. The molecule has 1 aromatic rings. The number of carboxylic acids is 1. The number of nitrogens with zero attached hydrogens (tertiary/aromatic N) is 1. The number of hydrogen-bond acceptors (Lipinski definition) is 3. The van der Waals surface area contributed by atoms with E-state index in [-0.39, 0.29) is 18.9 Å². The molecule has 2 amide bonds. The molecule has 6 heteroatoms. The molecule has 0 fully saturated rings. The average molecular weight is 302 g/mol. The molecule has 1 aliphatic rings. The number of rotatable bonds is 6. The van der Waals surface area contributed by atoms with Crippen molar-refractivity contribution in [2.75, 3.05) is 6.54 Å². The molecule has 1 unspecified atom stereocenters. The van der Waals surface area contributed by atoms with E-state index in [1.807, 2.05) is 12.1 Å². The van der Waals surface area contributed by atoms with Crippen molar-refractivity contribution < 1.29 is 19.5 Å². The highest BCUT2D eigenvalue weighted by Gasteiger charge is 2.29. The molecule has 116 valence electrons. The van der Waals surface area contributed by atoms with Gasteiger partial charge in [-0.25, -0.2) is 4.79 Å². The van der Waals surface area contributed by atoms with Crippen molar-refractivity contribution in [1.82, 2.24) is 10.2 Å². The fourth-order valence-electron chi connectivity index (χ4n) is 2.35. The summed E-state index contributed by atoms with van der Waals surface area (Å²) >= 11 is 0. The number of allylic oxidation sites excluding steroid dienone is 1. The van der Waals surface area contributed by atoms with Crippen molar-refractivity contribution in [2.45, 2.75) is 25.9 Å². The van der Waals surface area contributed by atoms with Gasteiger partial charge in [0.05, 0.1) is 0 Å². The van der Waals surface area contributed by atoms with Gasteiger partial charge in [-0.1, -0.05) is 30.4 Å². The Morgan fingerprint density at radius 2 is 2.14 bits per heavy atom. The van der Waals surface area contributed by atoms with Crippen molar-refractivity contribution >= 4 is 17.8 Å². The number of aliphatic carboxylic acids is 1. The second-order valence-electron chi connectivity index (χ2n) is 5.08. The molecular weight excluding hydrogens is 284 g/mol. The highest BCUT2D eigenvalue weighted by atomic mass is 16.4. The van der Waals surface area contributed by atoms with Gasteiger partial charge in [-0.3, -0.25) is 9.59 Å². The first-order valence-corrected chi connectivity index (χ1v) is 7.03. The minimum absolute atomic E-state index is 0.146. The zero-order chi connectivity index (χ0) is 16.1. The number of hydrogen-bond donors (Lipinski definition) is 2. The summed E-state index contributed by atoms with van der Waals surface area (Å²) in [6.45, 7) is 2.00. The van der Waals surface area contributed by atoms with Gasteiger partial charge in [-0.05, 0) is 25.0 Å². The number of amides is 2. The van der Waals surface area contributed by atoms with Crippen LogP contribution in [0.15, 0.2) is 36.4 Å². The lowest BCUT2D eigenvalue weighted by molar-refractivity contribution is -0.141. The zero-order valence-electron chi connectivity index (χ0n) is 12.3. The Morgan fingerprint density at radius 3 is 2.77 bits per heavy atom. The fraction of sp³-hybridized carbons (Fsp3) is 0.312. The zero-order valence-corrected chi connectivity index (χ0v) is 12.3. The minimum atomic E-state index is -1.09. The summed E-state index contributed by atoms with van der Waals surface area (Å²) in [5.41, 5.74) is 1.48.